The second-order valence-electron chi connectivity index (χ2n) is 1.26. The predicted octanol–water partition coefficient (Wildman–Crippen LogP) is 4.73. The van der Waals surface area contributed by atoms with Gasteiger partial charge in [0.1, 0.15) is 0 Å². The third-order valence-electron chi connectivity index (χ3n) is 0.218. The Kier molecular flexibility index (Phi) is 44.2. The third kappa shape index (κ3) is 36.6. The Labute approximate surface area is 88.5 Å². The van der Waals surface area contributed by atoms with E-state index in [9.17, 15) is 0 Å². The first-order valence-electron chi connectivity index (χ1n) is 2.07. The zero-order chi connectivity index (χ0) is 8.28. The summed E-state index contributed by atoms with van der Waals surface area (Å²) in [5.41, 5.74) is 0.829. The minimum Gasteiger partial charge on any atom is -0.0679 e. The lowest BCUT2D eigenvalue weighted by Gasteiger charge is -1.89. The van der Waals surface area contributed by atoms with Gasteiger partial charge >= 0.3 is 0 Å². The minimum absolute atomic E-state index is 0.829. The number of rotatable bonds is 1. The molecular formula is C3H12Br3P3. The smallest absolute Gasteiger partial charge is 0.0195 e. The molecule has 0 aromatic carbocycles. The second-order valence-corrected chi connectivity index (χ2v) is 4.01. The summed E-state index contributed by atoms with van der Waals surface area (Å²) < 4.78 is 0. The van der Waals surface area contributed by atoms with Crippen molar-refractivity contribution in [1.82, 2.24) is 0 Å². The van der Waals surface area contributed by atoms with Gasteiger partial charge in [-0.1, -0.05) is 76.2 Å². The first kappa shape index (κ1) is 17.7. The van der Waals surface area contributed by atoms with Gasteiger partial charge in [0.15, 0.2) is 0 Å². The SMILES string of the molecule is CC(C)PBr.PBr.PBr. The molecule has 0 heterocycles. The van der Waals surface area contributed by atoms with E-state index in [4.69, 9.17) is 0 Å². The number of halogens is 3. The molecule has 0 N–H and O–H groups in total. The Morgan fingerprint density at radius 3 is 1.22 bits per heavy atom. The van der Waals surface area contributed by atoms with E-state index in [0.717, 1.165) is 12.9 Å². The van der Waals surface area contributed by atoms with Crippen molar-refractivity contribution in [3.63, 3.8) is 0 Å². The van der Waals surface area contributed by atoms with Crippen molar-refractivity contribution in [2.45, 2.75) is 19.5 Å². The molecule has 0 spiro atoms. The van der Waals surface area contributed by atoms with Crippen LogP contribution in [0.15, 0.2) is 0 Å². The molecule has 0 saturated heterocycles. The van der Waals surface area contributed by atoms with Crippen LogP contribution in [-0.4, -0.2) is 5.66 Å². The maximum atomic E-state index is 3.34. The number of hydrogen-bond donors (Lipinski definition) is 0. The lowest BCUT2D eigenvalue weighted by molar-refractivity contribution is 1.12. The lowest BCUT2D eigenvalue weighted by atomic mass is 10.6. The zero-order valence-electron chi connectivity index (χ0n) is 5.37. The molecule has 3 unspecified atom stereocenters. The third-order valence-corrected chi connectivity index (χ3v) is 3.40. The molecule has 0 aliphatic rings. The molecule has 0 bridgehead atoms. The maximum Gasteiger partial charge on any atom is -0.0195 e. The van der Waals surface area contributed by atoms with Crippen LogP contribution in [0.2, 0.25) is 0 Å². The van der Waals surface area contributed by atoms with Crippen molar-refractivity contribution in [3.05, 3.63) is 0 Å². The summed E-state index contributed by atoms with van der Waals surface area (Å²) in [7, 11) is 5.39. The molecule has 0 amide bonds. The molecule has 0 saturated carbocycles. The molecule has 0 rings (SSSR count). The van der Waals surface area contributed by atoms with Crippen LogP contribution in [0.5, 0.6) is 0 Å². The standard InChI is InChI=1S/C3H8BrP.2BrH2P/c1-3(2)5-4;2*1-2/h3,5H,1-2H3;2*2H2. The van der Waals surface area contributed by atoms with E-state index in [1.165, 1.54) is 0 Å². The van der Waals surface area contributed by atoms with E-state index in [1.54, 1.807) is 0 Å². The van der Waals surface area contributed by atoms with E-state index in [0.29, 0.717) is 0 Å². The average Bonchev–Trinajstić information content (AvgIpc) is 1.97. The Morgan fingerprint density at radius 1 is 1.11 bits per heavy atom. The van der Waals surface area contributed by atoms with E-state index >= 15 is 0 Å². The van der Waals surface area contributed by atoms with E-state index in [1.807, 2.05) is 0 Å². The highest BCUT2D eigenvalue weighted by molar-refractivity contribution is 9.36. The summed E-state index contributed by atoms with van der Waals surface area (Å²) >= 11 is 9.05. The fourth-order valence-corrected chi connectivity index (χ4v) is 0. The predicted molar refractivity (Wildman–Crippen MR) is 69.7 cm³/mol. The van der Waals surface area contributed by atoms with Crippen molar-refractivity contribution in [2.24, 2.45) is 0 Å². The summed E-state index contributed by atoms with van der Waals surface area (Å²) in [5.74, 6) is 0. The highest BCUT2D eigenvalue weighted by atomic mass is 79.9. The lowest BCUT2D eigenvalue weighted by Crippen LogP contribution is -1.73. The van der Waals surface area contributed by atoms with Crippen LogP contribution >= 0.6 is 69.6 Å². The quantitative estimate of drug-likeness (QED) is 0.577. The highest BCUT2D eigenvalue weighted by Crippen LogP contribution is 2.25. The highest BCUT2D eigenvalue weighted by Gasteiger charge is 1.81. The second kappa shape index (κ2) is 22.4. The van der Waals surface area contributed by atoms with E-state index in [-0.39, 0.29) is 0 Å². The van der Waals surface area contributed by atoms with Gasteiger partial charge in [0.2, 0.25) is 0 Å². The molecule has 0 nitrogen and oxygen atoms in total. The summed E-state index contributed by atoms with van der Waals surface area (Å²) in [6, 6.07) is 0. The van der Waals surface area contributed by atoms with Gasteiger partial charge < -0.3 is 0 Å². The van der Waals surface area contributed by atoms with Crippen LogP contribution in [0.4, 0.5) is 0 Å². The van der Waals surface area contributed by atoms with Crippen LogP contribution in [0.25, 0.3) is 0 Å². The molecule has 60 valence electrons. The zero-order valence-corrected chi connectivity index (χ0v) is 13.4. The monoisotopic (exact) mass is 378 g/mol. The Balaban J connectivity index is -0.0000000771. The fourth-order valence-electron chi connectivity index (χ4n) is 0. The minimum atomic E-state index is 0.829. The fraction of sp³-hybridized carbons (Fsp3) is 1.00. The van der Waals surface area contributed by atoms with Gasteiger partial charge in [0.25, 0.3) is 0 Å². The maximum absolute atomic E-state index is 3.34. The first-order chi connectivity index (χ1) is 4.27. The molecule has 0 aliphatic carbocycles. The molecule has 0 aromatic rings. The first-order valence-corrected chi connectivity index (χ1v) is 11.8. The molecule has 0 aliphatic heterocycles. The van der Waals surface area contributed by atoms with Gasteiger partial charge in [-0.2, -0.15) is 0 Å². The molecule has 3 atom stereocenters. The van der Waals surface area contributed by atoms with Crippen molar-refractivity contribution in [2.75, 3.05) is 0 Å². The summed E-state index contributed by atoms with van der Waals surface area (Å²) in [6.07, 6.45) is 0. The van der Waals surface area contributed by atoms with Crippen molar-refractivity contribution in [1.29, 1.82) is 0 Å². The van der Waals surface area contributed by atoms with E-state index in [2.05, 4.69) is 76.2 Å². The average molecular weight is 381 g/mol. The van der Waals surface area contributed by atoms with E-state index < -0.39 is 0 Å². The van der Waals surface area contributed by atoms with Crippen LogP contribution < -0.4 is 0 Å². The summed E-state index contributed by atoms with van der Waals surface area (Å²) in [5, 5.41) is 0. The molecule has 0 radical (unpaired) electrons. The van der Waals surface area contributed by atoms with Crippen molar-refractivity contribution in [3.8, 4) is 0 Å². The summed E-state index contributed by atoms with van der Waals surface area (Å²) in [4.78, 5) is 0. The van der Waals surface area contributed by atoms with Crippen LogP contribution in [-0.2, 0) is 0 Å². The molecule has 6 heteroatoms. The van der Waals surface area contributed by atoms with Gasteiger partial charge in [0, 0.05) is 0 Å². The normalized spacial score (nSPS) is 8.00. The Bertz CT molecular complexity index is 28.3. The van der Waals surface area contributed by atoms with Gasteiger partial charge in [-0.25, -0.2) is 0 Å². The van der Waals surface area contributed by atoms with Gasteiger partial charge in [-0.15, -0.1) is 0 Å². The largest absolute Gasteiger partial charge is 0.0679 e. The van der Waals surface area contributed by atoms with Crippen molar-refractivity contribution < 1.29 is 0 Å². The van der Waals surface area contributed by atoms with Crippen LogP contribution in [0.3, 0.4) is 0 Å². The van der Waals surface area contributed by atoms with Crippen LogP contribution in [0.1, 0.15) is 13.8 Å². The topological polar surface area (TPSA) is 0 Å². The Morgan fingerprint density at radius 2 is 1.22 bits per heavy atom. The number of hydrogen-bond acceptors (Lipinski definition) is 0. The van der Waals surface area contributed by atoms with Crippen LogP contribution in [0, 0.1) is 0 Å². The van der Waals surface area contributed by atoms with Gasteiger partial charge in [0.05, 0.1) is 0 Å². The van der Waals surface area contributed by atoms with Crippen molar-refractivity contribution >= 4 is 69.6 Å². The Hall–Kier alpha value is 2.73. The molecule has 0 fully saturated rings. The molecular weight excluding hydrogens is 369 g/mol. The van der Waals surface area contributed by atoms with Gasteiger partial charge in [-0.05, 0) is 12.9 Å². The molecule has 9 heavy (non-hydrogen) atoms. The van der Waals surface area contributed by atoms with Gasteiger partial charge in [-0.3, -0.25) is 0 Å². The molecule has 0 aromatic heterocycles. The summed E-state index contributed by atoms with van der Waals surface area (Å²) in [6.45, 7) is 4.38.